The second kappa shape index (κ2) is 8.14. The van der Waals surface area contributed by atoms with Gasteiger partial charge in [-0.05, 0) is 52.7 Å². The molecule has 0 amide bonds. The highest BCUT2D eigenvalue weighted by atomic mass is 79.9. The molecule has 1 saturated heterocycles. The lowest BCUT2D eigenvalue weighted by Gasteiger charge is -2.40. The number of hydrogen-bond donors (Lipinski definition) is 1. The summed E-state index contributed by atoms with van der Waals surface area (Å²) in [6.07, 6.45) is 0. The number of ether oxygens (including phenoxy) is 2. The SMILES string of the molecule is COc1ccc(CN2CCN(c3ccc(Br)c(OC)n3)CC2C)cc1O. The van der Waals surface area contributed by atoms with Gasteiger partial charge in [-0.2, -0.15) is 4.98 Å². The van der Waals surface area contributed by atoms with E-state index in [2.05, 4.69) is 37.6 Å². The van der Waals surface area contributed by atoms with Crippen molar-refractivity contribution < 1.29 is 14.6 Å². The minimum absolute atomic E-state index is 0.183. The molecule has 1 aliphatic heterocycles. The van der Waals surface area contributed by atoms with Crippen molar-refractivity contribution in [3.63, 3.8) is 0 Å². The number of piperazine rings is 1. The van der Waals surface area contributed by atoms with Crippen LogP contribution in [0.2, 0.25) is 0 Å². The van der Waals surface area contributed by atoms with Crippen molar-refractivity contribution in [1.29, 1.82) is 0 Å². The molecule has 1 aliphatic rings. The predicted molar refractivity (Wildman–Crippen MR) is 105 cm³/mol. The zero-order valence-electron chi connectivity index (χ0n) is 15.3. The Morgan fingerprint density at radius 3 is 2.65 bits per heavy atom. The van der Waals surface area contributed by atoms with E-state index in [1.54, 1.807) is 20.3 Å². The molecule has 1 N–H and O–H groups in total. The van der Waals surface area contributed by atoms with Crippen molar-refractivity contribution in [3.8, 4) is 17.4 Å². The number of phenolic OH excluding ortho intramolecular Hbond substituents is 1. The van der Waals surface area contributed by atoms with Crippen LogP contribution < -0.4 is 14.4 Å². The van der Waals surface area contributed by atoms with E-state index >= 15 is 0 Å². The average Bonchev–Trinajstić information content (AvgIpc) is 2.64. The Morgan fingerprint density at radius 1 is 1.19 bits per heavy atom. The molecule has 0 spiro atoms. The van der Waals surface area contributed by atoms with Gasteiger partial charge in [0.15, 0.2) is 11.5 Å². The summed E-state index contributed by atoms with van der Waals surface area (Å²) >= 11 is 3.45. The second-order valence-corrected chi connectivity index (χ2v) is 7.29. The smallest absolute Gasteiger partial charge is 0.229 e. The molecular formula is C19H24BrN3O3. The Labute approximate surface area is 162 Å². The second-order valence-electron chi connectivity index (χ2n) is 6.43. The van der Waals surface area contributed by atoms with Crippen LogP contribution in [0.25, 0.3) is 0 Å². The fourth-order valence-corrected chi connectivity index (χ4v) is 3.62. The third-order valence-corrected chi connectivity index (χ3v) is 5.31. The highest BCUT2D eigenvalue weighted by Gasteiger charge is 2.25. The molecule has 1 atom stereocenters. The molecule has 2 heterocycles. The fraction of sp³-hybridized carbons (Fsp3) is 0.421. The van der Waals surface area contributed by atoms with Gasteiger partial charge in [0.05, 0.1) is 18.7 Å². The molecule has 1 aromatic carbocycles. The van der Waals surface area contributed by atoms with Crippen LogP contribution in [-0.2, 0) is 6.54 Å². The zero-order chi connectivity index (χ0) is 18.7. The molecular weight excluding hydrogens is 398 g/mol. The van der Waals surface area contributed by atoms with Crippen LogP contribution in [0.3, 0.4) is 0 Å². The van der Waals surface area contributed by atoms with Crippen molar-refractivity contribution in [2.24, 2.45) is 0 Å². The highest BCUT2D eigenvalue weighted by molar-refractivity contribution is 9.10. The maximum absolute atomic E-state index is 9.97. The molecule has 26 heavy (non-hydrogen) atoms. The maximum Gasteiger partial charge on any atom is 0.229 e. The standard InChI is InChI=1S/C19H24BrN3O3/c1-13-11-23(18-7-5-15(20)19(21-18)26-3)9-8-22(13)12-14-4-6-17(25-2)16(24)10-14/h4-7,10,13,24H,8-9,11-12H2,1-3H3. The molecule has 7 heteroatoms. The molecule has 0 bridgehead atoms. The molecule has 140 valence electrons. The number of rotatable bonds is 5. The van der Waals surface area contributed by atoms with Crippen molar-refractivity contribution >= 4 is 21.7 Å². The molecule has 1 unspecified atom stereocenters. The van der Waals surface area contributed by atoms with Crippen molar-refractivity contribution in [2.75, 3.05) is 38.8 Å². The molecule has 1 fully saturated rings. The van der Waals surface area contributed by atoms with Gasteiger partial charge in [-0.25, -0.2) is 0 Å². The van der Waals surface area contributed by atoms with Gasteiger partial charge in [-0.1, -0.05) is 6.07 Å². The Bertz CT molecular complexity index is 772. The number of halogens is 1. The molecule has 0 aliphatic carbocycles. The Morgan fingerprint density at radius 2 is 2.00 bits per heavy atom. The number of nitrogens with zero attached hydrogens (tertiary/aromatic N) is 3. The molecule has 0 radical (unpaired) electrons. The van der Waals surface area contributed by atoms with Gasteiger partial charge in [0, 0.05) is 32.2 Å². The largest absolute Gasteiger partial charge is 0.504 e. The van der Waals surface area contributed by atoms with Crippen LogP contribution in [0.1, 0.15) is 12.5 Å². The Kier molecular flexibility index (Phi) is 5.88. The number of anilines is 1. The molecule has 0 saturated carbocycles. The van der Waals surface area contributed by atoms with Gasteiger partial charge in [0.2, 0.25) is 5.88 Å². The van der Waals surface area contributed by atoms with E-state index in [1.165, 1.54) is 0 Å². The van der Waals surface area contributed by atoms with Crippen LogP contribution >= 0.6 is 15.9 Å². The summed E-state index contributed by atoms with van der Waals surface area (Å²) in [5.74, 6) is 2.22. The first kappa shape index (κ1) is 18.8. The quantitative estimate of drug-likeness (QED) is 0.799. The lowest BCUT2D eigenvalue weighted by atomic mass is 10.1. The summed E-state index contributed by atoms with van der Waals surface area (Å²) in [6, 6.07) is 9.93. The van der Waals surface area contributed by atoms with E-state index in [-0.39, 0.29) is 5.75 Å². The fourth-order valence-electron chi connectivity index (χ4n) is 3.24. The lowest BCUT2D eigenvalue weighted by molar-refractivity contribution is 0.180. The zero-order valence-corrected chi connectivity index (χ0v) is 16.9. The van der Waals surface area contributed by atoms with Crippen LogP contribution in [0.5, 0.6) is 17.4 Å². The summed E-state index contributed by atoms with van der Waals surface area (Å²) in [4.78, 5) is 9.27. The summed E-state index contributed by atoms with van der Waals surface area (Å²) in [6.45, 7) is 5.72. The van der Waals surface area contributed by atoms with Crippen molar-refractivity contribution in [2.45, 2.75) is 19.5 Å². The number of aromatic nitrogens is 1. The summed E-state index contributed by atoms with van der Waals surface area (Å²) in [5, 5.41) is 9.97. The number of aromatic hydroxyl groups is 1. The first-order valence-electron chi connectivity index (χ1n) is 8.57. The molecule has 3 rings (SSSR count). The van der Waals surface area contributed by atoms with E-state index in [0.29, 0.717) is 17.7 Å². The number of methoxy groups -OCH3 is 2. The van der Waals surface area contributed by atoms with Crippen LogP contribution in [0.4, 0.5) is 5.82 Å². The topological polar surface area (TPSA) is 58.1 Å². The third-order valence-electron chi connectivity index (χ3n) is 4.71. The summed E-state index contributed by atoms with van der Waals surface area (Å²) < 4.78 is 11.3. The third kappa shape index (κ3) is 4.04. The Balaban J connectivity index is 1.66. The normalized spacial score (nSPS) is 18.0. The van der Waals surface area contributed by atoms with Gasteiger partial charge >= 0.3 is 0 Å². The molecule has 1 aromatic heterocycles. The molecule has 6 nitrogen and oxygen atoms in total. The van der Waals surface area contributed by atoms with Crippen LogP contribution in [0.15, 0.2) is 34.8 Å². The monoisotopic (exact) mass is 421 g/mol. The highest BCUT2D eigenvalue weighted by Crippen LogP contribution is 2.29. The van der Waals surface area contributed by atoms with Gasteiger partial charge in [0.1, 0.15) is 5.82 Å². The number of pyridine rings is 1. The van der Waals surface area contributed by atoms with Gasteiger partial charge in [-0.15, -0.1) is 0 Å². The van der Waals surface area contributed by atoms with E-state index in [9.17, 15) is 5.11 Å². The minimum Gasteiger partial charge on any atom is -0.504 e. The van der Waals surface area contributed by atoms with E-state index in [4.69, 9.17) is 9.47 Å². The predicted octanol–water partition coefficient (Wildman–Crippen LogP) is 3.28. The Hall–Kier alpha value is -1.99. The summed E-state index contributed by atoms with van der Waals surface area (Å²) in [7, 11) is 3.18. The van der Waals surface area contributed by atoms with E-state index < -0.39 is 0 Å². The van der Waals surface area contributed by atoms with Crippen LogP contribution in [-0.4, -0.2) is 54.9 Å². The van der Waals surface area contributed by atoms with Gasteiger partial charge in [0.25, 0.3) is 0 Å². The van der Waals surface area contributed by atoms with E-state index in [1.807, 2.05) is 24.3 Å². The number of hydrogen-bond acceptors (Lipinski definition) is 6. The first-order valence-corrected chi connectivity index (χ1v) is 9.36. The van der Waals surface area contributed by atoms with Crippen LogP contribution in [0, 0.1) is 0 Å². The van der Waals surface area contributed by atoms with Gasteiger partial charge in [-0.3, -0.25) is 4.90 Å². The first-order chi connectivity index (χ1) is 12.5. The lowest BCUT2D eigenvalue weighted by Crippen LogP contribution is -2.51. The maximum atomic E-state index is 9.97. The number of phenols is 1. The van der Waals surface area contributed by atoms with Crippen molar-refractivity contribution in [3.05, 3.63) is 40.4 Å². The summed E-state index contributed by atoms with van der Waals surface area (Å²) in [5.41, 5.74) is 1.08. The number of benzene rings is 1. The average molecular weight is 422 g/mol. The van der Waals surface area contributed by atoms with Crippen molar-refractivity contribution in [1.82, 2.24) is 9.88 Å². The minimum atomic E-state index is 0.183. The molecule has 2 aromatic rings. The van der Waals surface area contributed by atoms with Gasteiger partial charge < -0.3 is 19.5 Å². The van der Waals surface area contributed by atoms with E-state index in [0.717, 1.165) is 42.0 Å².